The van der Waals surface area contributed by atoms with Crippen LogP contribution < -0.4 is 0 Å². The molecule has 164 valence electrons. The molecule has 0 aromatic heterocycles. The van der Waals surface area contributed by atoms with Gasteiger partial charge in [-0.2, -0.15) is 0 Å². The highest BCUT2D eigenvalue weighted by Gasteiger charge is 2.08. The van der Waals surface area contributed by atoms with Gasteiger partial charge in [0.05, 0.1) is 0 Å². The third-order valence-electron chi connectivity index (χ3n) is 5.81. The van der Waals surface area contributed by atoms with Gasteiger partial charge >= 0.3 is 0 Å². The fraction of sp³-hybridized carbons (Fsp3) is 1.00. The van der Waals surface area contributed by atoms with Gasteiger partial charge in [-0.25, -0.2) is 0 Å². The quantitative estimate of drug-likeness (QED) is 0.178. The average Bonchev–Trinajstić information content (AvgIpc) is 2.68. The van der Waals surface area contributed by atoms with Crippen molar-refractivity contribution in [2.24, 2.45) is 5.92 Å². The van der Waals surface area contributed by atoms with Crippen LogP contribution in [0.15, 0.2) is 0 Å². The molecular formula is C24H50O3. The Morgan fingerprint density at radius 1 is 0.296 bits per heavy atom. The minimum Gasteiger partial charge on any atom is -0.396 e. The lowest BCUT2D eigenvalue weighted by atomic mass is 9.89. The zero-order valence-electron chi connectivity index (χ0n) is 18.2. The Morgan fingerprint density at radius 2 is 0.519 bits per heavy atom. The topological polar surface area (TPSA) is 60.7 Å². The van der Waals surface area contributed by atoms with E-state index in [0.29, 0.717) is 19.8 Å². The SMILES string of the molecule is OCCCCCCCCCC(CCCCCCCO)CCCCCCCO. The predicted octanol–water partition coefficient (Wildman–Crippen LogP) is 6.38. The molecule has 0 fully saturated rings. The Morgan fingerprint density at radius 3 is 0.778 bits per heavy atom. The van der Waals surface area contributed by atoms with Gasteiger partial charge in [-0.1, -0.05) is 109 Å². The summed E-state index contributed by atoms with van der Waals surface area (Å²) in [5.74, 6) is 0.912. The van der Waals surface area contributed by atoms with Gasteiger partial charge in [0.15, 0.2) is 0 Å². The van der Waals surface area contributed by atoms with Crippen LogP contribution in [0.5, 0.6) is 0 Å². The number of aliphatic hydroxyl groups excluding tert-OH is 3. The van der Waals surface area contributed by atoms with Gasteiger partial charge in [0.25, 0.3) is 0 Å². The molecule has 0 aliphatic rings. The second-order valence-corrected chi connectivity index (χ2v) is 8.41. The zero-order valence-corrected chi connectivity index (χ0v) is 18.2. The van der Waals surface area contributed by atoms with Crippen molar-refractivity contribution in [3.8, 4) is 0 Å². The third kappa shape index (κ3) is 22.0. The highest BCUT2D eigenvalue weighted by Crippen LogP contribution is 2.24. The monoisotopic (exact) mass is 386 g/mol. The molecule has 3 N–H and O–H groups in total. The minimum atomic E-state index is 0.346. The van der Waals surface area contributed by atoms with Crippen molar-refractivity contribution in [2.75, 3.05) is 19.8 Å². The Balaban J connectivity index is 3.77. The van der Waals surface area contributed by atoms with Crippen LogP contribution in [0.3, 0.4) is 0 Å². The molecule has 3 nitrogen and oxygen atoms in total. The maximum Gasteiger partial charge on any atom is 0.0431 e. The second-order valence-electron chi connectivity index (χ2n) is 8.41. The summed E-state index contributed by atoms with van der Waals surface area (Å²) >= 11 is 0. The lowest BCUT2D eigenvalue weighted by Gasteiger charge is -2.17. The molecule has 0 saturated carbocycles. The molecule has 0 amide bonds. The van der Waals surface area contributed by atoms with Gasteiger partial charge in [-0.15, -0.1) is 0 Å². The van der Waals surface area contributed by atoms with Gasteiger partial charge in [0.1, 0.15) is 0 Å². The van der Waals surface area contributed by atoms with E-state index in [9.17, 15) is 0 Å². The summed E-state index contributed by atoms with van der Waals surface area (Å²) in [6.45, 7) is 1.04. The van der Waals surface area contributed by atoms with Gasteiger partial charge < -0.3 is 15.3 Å². The Hall–Kier alpha value is -0.120. The number of unbranched alkanes of at least 4 members (excludes halogenated alkanes) is 14. The molecule has 0 heterocycles. The summed E-state index contributed by atoms with van der Waals surface area (Å²) in [5, 5.41) is 26.5. The minimum absolute atomic E-state index is 0.346. The van der Waals surface area contributed by atoms with Gasteiger partial charge in [0, 0.05) is 19.8 Å². The first-order valence-electron chi connectivity index (χ1n) is 12.2. The highest BCUT2D eigenvalue weighted by atomic mass is 16.3. The van der Waals surface area contributed by atoms with Crippen LogP contribution in [0.4, 0.5) is 0 Å². The van der Waals surface area contributed by atoms with Crippen LogP contribution >= 0.6 is 0 Å². The lowest BCUT2D eigenvalue weighted by Crippen LogP contribution is -2.02. The van der Waals surface area contributed by atoms with E-state index in [1.54, 1.807) is 0 Å². The van der Waals surface area contributed by atoms with Crippen LogP contribution in [-0.2, 0) is 0 Å². The zero-order chi connectivity index (χ0) is 19.8. The summed E-state index contributed by atoms with van der Waals surface area (Å²) < 4.78 is 0. The maximum atomic E-state index is 8.86. The van der Waals surface area contributed by atoms with Crippen molar-refractivity contribution in [1.29, 1.82) is 0 Å². The predicted molar refractivity (Wildman–Crippen MR) is 117 cm³/mol. The summed E-state index contributed by atoms with van der Waals surface area (Å²) in [6.07, 6.45) is 25.3. The van der Waals surface area contributed by atoms with Crippen molar-refractivity contribution in [3.05, 3.63) is 0 Å². The molecule has 0 aliphatic carbocycles. The van der Waals surface area contributed by atoms with E-state index in [4.69, 9.17) is 15.3 Å². The van der Waals surface area contributed by atoms with Crippen LogP contribution in [0, 0.1) is 5.92 Å². The molecule has 0 rings (SSSR count). The molecule has 27 heavy (non-hydrogen) atoms. The molecule has 0 radical (unpaired) electrons. The number of hydrogen-bond donors (Lipinski definition) is 3. The lowest BCUT2D eigenvalue weighted by molar-refractivity contribution is 0.281. The molecule has 0 bridgehead atoms. The number of rotatable bonds is 23. The molecule has 0 saturated heterocycles. The van der Waals surface area contributed by atoms with Crippen molar-refractivity contribution < 1.29 is 15.3 Å². The second kappa shape index (κ2) is 23.9. The van der Waals surface area contributed by atoms with Crippen molar-refractivity contribution in [3.63, 3.8) is 0 Å². The van der Waals surface area contributed by atoms with E-state index < -0.39 is 0 Å². The highest BCUT2D eigenvalue weighted by molar-refractivity contribution is 4.62. The van der Waals surface area contributed by atoms with Gasteiger partial charge in [0.2, 0.25) is 0 Å². The van der Waals surface area contributed by atoms with Crippen molar-refractivity contribution >= 4 is 0 Å². The van der Waals surface area contributed by atoms with E-state index >= 15 is 0 Å². The van der Waals surface area contributed by atoms with E-state index in [1.807, 2.05) is 0 Å². The van der Waals surface area contributed by atoms with Crippen molar-refractivity contribution in [1.82, 2.24) is 0 Å². The molecule has 0 atom stereocenters. The molecular weight excluding hydrogens is 336 g/mol. The van der Waals surface area contributed by atoms with Gasteiger partial charge in [-0.05, 0) is 25.2 Å². The summed E-state index contributed by atoms with van der Waals surface area (Å²) in [4.78, 5) is 0. The summed E-state index contributed by atoms with van der Waals surface area (Å²) in [5.41, 5.74) is 0. The smallest absolute Gasteiger partial charge is 0.0431 e. The van der Waals surface area contributed by atoms with E-state index in [-0.39, 0.29) is 0 Å². The van der Waals surface area contributed by atoms with E-state index in [1.165, 1.54) is 109 Å². The molecule has 0 aromatic rings. The Bertz CT molecular complexity index is 242. The van der Waals surface area contributed by atoms with Crippen LogP contribution in [-0.4, -0.2) is 35.1 Å². The average molecular weight is 387 g/mol. The molecule has 0 aromatic carbocycles. The van der Waals surface area contributed by atoms with Gasteiger partial charge in [-0.3, -0.25) is 0 Å². The standard InChI is InChI=1S/C24H50O3/c25-21-15-9-3-1-2-6-12-18-24(19-13-7-4-10-16-22-26)20-14-8-5-11-17-23-27/h24-27H,1-23H2. The van der Waals surface area contributed by atoms with Crippen LogP contribution in [0.1, 0.15) is 128 Å². The fourth-order valence-corrected chi connectivity index (χ4v) is 4.01. The first-order chi connectivity index (χ1) is 13.3. The summed E-state index contributed by atoms with van der Waals surface area (Å²) in [6, 6.07) is 0. The molecule has 0 unspecified atom stereocenters. The summed E-state index contributed by atoms with van der Waals surface area (Å²) in [7, 11) is 0. The first-order valence-corrected chi connectivity index (χ1v) is 12.2. The first kappa shape index (κ1) is 26.9. The molecule has 0 spiro atoms. The van der Waals surface area contributed by atoms with E-state index in [0.717, 1.165) is 25.2 Å². The largest absolute Gasteiger partial charge is 0.396 e. The molecule has 3 heteroatoms. The Labute approximate surface area is 170 Å². The van der Waals surface area contributed by atoms with E-state index in [2.05, 4.69) is 0 Å². The van der Waals surface area contributed by atoms with Crippen LogP contribution in [0.25, 0.3) is 0 Å². The fourth-order valence-electron chi connectivity index (χ4n) is 4.01. The molecule has 0 aliphatic heterocycles. The maximum absolute atomic E-state index is 8.86. The Kier molecular flexibility index (Phi) is 23.8. The number of hydrogen-bond acceptors (Lipinski definition) is 3. The third-order valence-corrected chi connectivity index (χ3v) is 5.81. The van der Waals surface area contributed by atoms with Crippen LogP contribution in [0.2, 0.25) is 0 Å². The normalized spacial score (nSPS) is 11.6. The number of aliphatic hydroxyl groups is 3. The van der Waals surface area contributed by atoms with Crippen molar-refractivity contribution in [2.45, 2.75) is 128 Å².